The standard InChI is InChI=1S/C18H25NO6/c1-4-24-17(21)6-5-9-19-16(20)12-25-18(22)11-14-8-7-13(2)15(10-14)23-3/h7-8,10H,4-6,9,11-12H2,1-3H3,(H,19,20). The highest BCUT2D eigenvalue weighted by atomic mass is 16.5. The molecule has 0 unspecified atom stereocenters. The summed E-state index contributed by atoms with van der Waals surface area (Å²) in [5.74, 6) is -0.493. The van der Waals surface area contributed by atoms with Crippen LogP contribution in [0, 0.1) is 6.92 Å². The molecule has 0 spiro atoms. The molecule has 7 heteroatoms. The molecule has 0 heterocycles. The molecule has 7 nitrogen and oxygen atoms in total. The van der Waals surface area contributed by atoms with Crippen molar-refractivity contribution in [1.29, 1.82) is 0 Å². The van der Waals surface area contributed by atoms with Gasteiger partial charge in [-0.1, -0.05) is 12.1 Å². The van der Waals surface area contributed by atoms with E-state index in [0.717, 1.165) is 11.1 Å². The minimum absolute atomic E-state index is 0.0623. The summed E-state index contributed by atoms with van der Waals surface area (Å²) in [6.45, 7) is 3.97. The summed E-state index contributed by atoms with van der Waals surface area (Å²) in [7, 11) is 1.57. The highest BCUT2D eigenvalue weighted by Crippen LogP contribution is 2.19. The zero-order valence-corrected chi connectivity index (χ0v) is 14.9. The van der Waals surface area contributed by atoms with Crippen LogP contribution < -0.4 is 10.1 Å². The average Bonchev–Trinajstić information content (AvgIpc) is 2.59. The van der Waals surface area contributed by atoms with Crippen LogP contribution in [0.25, 0.3) is 0 Å². The lowest BCUT2D eigenvalue weighted by Gasteiger charge is -2.08. The van der Waals surface area contributed by atoms with E-state index >= 15 is 0 Å². The molecule has 0 fully saturated rings. The third-order valence-corrected chi connectivity index (χ3v) is 3.37. The Balaban J connectivity index is 2.25. The van der Waals surface area contributed by atoms with Crippen molar-refractivity contribution in [3.8, 4) is 5.75 Å². The maximum Gasteiger partial charge on any atom is 0.310 e. The first kappa shape index (κ1) is 20.5. The average molecular weight is 351 g/mol. The van der Waals surface area contributed by atoms with Crippen molar-refractivity contribution < 1.29 is 28.6 Å². The molecule has 1 N–H and O–H groups in total. The molecule has 1 aromatic carbocycles. The number of carbonyl (C=O) groups excluding carboxylic acids is 3. The Kier molecular flexibility index (Phi) is 9.06. The Bertz CT molecular complexity index is 599. The monoisotopic (exact) mass is 351 g/mol. The number of aryl methyl sites for hydroxylation is 1. The fourth-order valence-corrected chi connectivity index (χ4v) is 2.08. The fourth-order valence-electron chi connectivity index (χ4n) is 2.08. The summed E-state index contributed by atoms with van der Waals surface area (Å²) in [4.78, 5) is 34.5. The Labute approximate surface area is 147 Å². The van der Waals surface area contributed by atoms with Gasteiger partial charge in [-0.15, -0.1) is 0 Å². The number of benzene rings is 1. The topological polar surface area (TPSA) is 90.9 Å². The predicted octanol–water partition coefficient (Wildman–Crippen LogP) is 1.55. The Morgan fingerprint density at radius 3 is 2.56 bits per heavy atom. The van der Waals surface area contributed by atoms with E-state index in [2.05, 4.69) is 5.32 Å². The van der Waals surface area contributed by atoms with Crippen LogP contribution in [0.2, 0.25) is 0 Å². The molecule has 0 saturated carbocycles. The molecular weight excluding hydrogens is 326 g/mol. The van der Waals surface area contributed by atoms with E-state index in [1.165, 1.54) is 0 Å². The molecule has 25 heavy (non-hydrogen) atoms. The molecule has 0 aliphatic carbocycles. The molecule has 1 rings (SSSR count). The molecule has 0 aromatic heterocycles. The van der Waals surface area contributed by atoms with Gasteiger partial charge in [-0.05, 0) is 37.5 Å². The second-order valence-electron chi connectivity index (χ2n) is 5.40. The van der Waals surface area contributed by atoms with Crippen molar-refractivity contribution in [3.63, 3.8) is 0 Å². The number of methoxy groups -OCH3 is 1. The van der Waals surface area contributed by atoms with Crippen LogP contribution in [0.15, 0.2) is 18.2 Å². The molecule has 0 aliphatic rings. The summed E-state index contributed by atoms with van der Waals surface area (Å²) in [5, 5.41) is 2.58. The maximum absolute atomic E-state index is 11.8. The number of amides is 1. The van der Waals surface area contributed by atoms with Crippen LogP contribution in [0.4, 0.5) is 0 Å². The Morgan fingerprint density at radius 2 is 1.88 bits per heavy atom. The van der Waals surface area contributed by atoms with Gasteiger partial charge in [-0.2, -0.15) is 0 Å². The van der Waals surface area contributed by atoms with Gasteiger partial charge in [0, 0.05) is 13.0 Å². The lowest BCUT2D eigenvalue weighted by atomic mass is 10.1. The number of rotatable bonds is 10. The lowest BCUT2D eigenvalue weighted by molar-refractivity contribution is -0.147. The van der Waals surface area contributed by atoms with Crippen LogP contribution in [-0.4, -0.2) is 44.7 Å². The number of esters is 2. The molecule has 0 aliphatic heterocycles. The van der Waals surface area contributed by atoms with E-state index < -0.39 is 11.9 Å². The quantitative estimate of drug-likeness (QED) is 0.508. The molecule has 1 amide bonds. The number of hydrogen-bond acceptors (Lipinski definition) is 6. The second-order valence-corrected chi connectivity index (χ2v) is 5.40. The Hall–Kier alpha value is -2.57. The molecule has 1 aromatic rings. The smallest absolute Gasteiger partial charge is 0.310 e. The highest BCUT2D eigenvalue weighted by Gasteiger charge is 2.10. The summed E-state index contributed by atoms with van der Waals surface area (Å²) >= 11 is 0. The lowest BCUT2D eigenvalue weighted by Crippen LogP contribution is -2.30. The first-order valence-corrected chi connectivity index (χ1v) is 8.17. The SMILES string of the molecule is CCOC(=O)CCCNC(=O)COC(=O)Cc1ccc(C)c(OC)c1. The van der Waals surface area contributed by atoms with E-state index in [-0.39, 0.29) is 25.4 Å². The molecule has 0 saturated heterocycles. The van der Waals surface area contributed by atoms with Crippen LogP contribution in [0.1, 0.15) is 30.9 Å². The van der Waals surface area contributed by atoms with Crippen molar-refractivity contribution in [2.45, 2.75) is 33.1 Å². The van der Waals surface area contributed by atoms with Crippen molar-refractivity contribution in [3.05, 3.63) is 29.3 Å². The van der Waals surface area contributed by atoms with Crippen molar-refractivity contribution in [2.75, 3.05) is 26.9 Å². The van der Waals surface area contributed by atoms with Crippen LogP contribution in [0.5, 0.6) is 5.75 Å². The van der Waals surface area contributed by atoms with Crippen molar-refractivity contribution in [2.24, 2.45) is 0 Å². The minimum Gasteiger partial charge on any atom is -0.496 e. The number of hydrogen-bond donors (Lipinski definition) is 1. The zero-order valence-electron chi connectivity index (χ0n) is 14.9. The number of ether oxygens (including phenoxy) is 3. The molecular formula is C18H25NO6. The normalized spacial score (nSPS) is 10.0. The van der Waals surface area contributed by atoms with Gasteiger partial charge in [0.1, 0.15) is 5.75 Å². The Morgan fingerprint density at radius 1 is 1.12 bits per heavy atom. The van der Waals surface area contributed by atoms with Crippen LogP contribution in [0.3, 0.4) is 0 Å². The van der Waals surface area contributed by atoms with Crippen LogP contribution >= 0.6 is 0 Å². The van der Waals surface area contributed by atoms with Gasteiger partial charge in [0.05, 0.1) is 20.1 Å². The van der Waals surface area contributed by atoms with Gasteiger partial charge in [0.15, 0.2) is 6.61 Å². The van der Waals surface area contributed by atoms with Crippen molar-refractivity contribution >= 4 is 17.8 Å². The summed E-state index contributed by atoms with van der Waals surface area (Å²) < 4.78 is 14.9. The minimum atomic E-state index is -0.493. The third-order valence-electron chi connectivity index (χ3n) is 3.37. The van der Waals surface area contributed by atoms with Crippen LogP contribution in [-0.2, 0) is 30.3 Å². The largest absolute Gasteiger partial charge is 0.496 e. The van der Waals surface area contributed by atoms with Crippen molar-refractivity contribution in [1.82, 2.24) is 5.32 Å². The third kappa shape index (κ3) is 8.19. The summed E-state index contributed by atoms with van der Waals surface area (Å²) in [5.41, 5.74) is 1.73. The summed E-state index contributed by atoms with van der Waals surface area (Å²) in [6.07, 6.45) is 0.775. The van der Waals surface area contributed by atoms with E-state index in [1.54, 1.807) is 20.1 Å². The van der Waals surface area contributed by atoms with E-state index in [0.29, 0.717) is 25.3 Å². The first-order valence-electron chi connectivity index (χ1n) is 8.17. The van der Waals surface area contributed by atoms with E-state index in [9.17, 15) is 14.4 Å². The van der Waals surface area contributed by atoms with Gasteiger partial charge in [-0.25, -0.2) is 0 Å². The molecule has 0 atom stereocenters. The molecule has 138 valence electrons. The number of nitrogens with one attached hydrogen (secondary N) is 1. The van der Waals surface area contributed by atoms with E-state index in [4.69, 9.17) is 14.2 Å². The first-order chi connectivity index (χ1) is 12.0. The van der Waals surface area contributed by atoms with Gasteiger partial charge in [-0.3, -0.25) is 14.4 Å². The van der Waals surface area contributed by atoms with Gasteiger partial charge < -0.3 is 19.5 Å². The van der Waals surface area contributed by atoms with Gasteiger partial charge in [0.2, 0.25) is 0 Å². The second kappa shape index (κ2) is 11.1. The maximum atomic E-state index is 11.8. The van der Waals surface area contributed by atoms with Gasteiger partial charge >= 0.3 is 11.9 Å². The highest BCUT2D eigenvalue weighted by molar-refractivity contribution is 5.81. The fraction of sp³-hybridized carbons (Fsp3) is 0.500. The van der Waals surface area contributed by atoms with E-state index in [1.807, 2.05) is 19.1 Å². The number of carbonyl (C=O) groups is 3. The predicted molar refractivity (Wildman–Crippen MR) is 91.3 cm³/mol. The molecule has 0 radical (unpaired) electrons. The van der Waals surface area contributed by atoms with Gasteiger partial charge in [0.25, 0.3) is 5.91 Å². The molecule has 0 bridgehead atoms. The zero-order chi connectivity index (χ0) is 18.7. The summed E-state index contributed by atoms with van der Waals surface area (Å²) in [6, 6.07) is 5.44.